The van der Waals surface area contributed by atoms with E-state index in [-0.39, 0.29) is 57.8 Å². The lowest BCUT2D eigenvalue weighted by molar-refractivity contribution is 0.128. The second kappa shape index (κ2) is 8.07. The van der Waals surface area contributed by atoms with Gasteiger partial charge in [-0.05, 0) is 0 Å². The van der Waals surface area contributed by atoms with E-state index in [0.29, 0.717) is 0 Å². The Labute approximate surface area is 204 Å². The number of halogens is 9. The Morgan fingerprint density at radius 3 is 0.846 bits per heavy atom. The summed E-state index contributed by atoms with van der Waals surface area (Å²) >= 11 is 59.1. The number of rotatable bonds is 3. The fraction of sp³-hybridized carbons (Fsp3) is 0.0769. The predicted octanol–water partition coefficient (Wildman–Crippen LogP) is 10.0. The highest BCUT2D eigenvalue weighted by Gasteiger charge is 2.47. The van der Waals surface area contributed by atoms with E-state index < -0.39 is 5.60 Å². The van der Waals surface area contributed by atoms with Gasteiger partial charge in [0.15, 0.2) is 5.60 Å². The summed E-state index contributed by atoms with van der Waals surface area (Å²) in [4.78, 5) is 0. The van der Waals surface area contributed by atoms with Gasteiger partial charge in [-0.3, -0.25) is 0 Å². The van der Waals surface area contributed by atoms with E-state index in [1.165, 1.54) is 0 Å². The molecule has 0 saturated heterocycles. The van der Waals surface area contributed by atoms with E-state index >= 15 is 0 Å². The molecule has 0 aliphatic carbocycles. The van der Waals surface area contributed by atoms with Crippen LogP contribution in [-0.4, -0.2) is 5.11 Å². The molecule has 26 heavy (non-hydrogen) atoms. The first-order valence-electron chi connectivity index (χ1n) is 6.15. The summed E-state index contributed by atoms with van der Waals surface area (Å²) in [6.45, 7) is 0. The highest BCUT2D eigenvalue weighted by Crippen LogP contribution is 2.59. The van der Waals surface area contributed by atoms with E-state index in [9.17, 15) is 5.11 Å². The zero-order valence-electron chi connectivity index (χ0n) is 11.6. The molecule has 0 atom stereocenters. The molecule has 0 saturated carbocycles. The van der Waals surface area contributed by atoms with Crippen LogP contribution in [0.1, 0.15) is 16.7 Å². The molecule has 0 spiro atoms. The van der Waals surface area contributed by atoms with Crippen molar-refractivity contribution in [2.45, 2.75) is 5.60 Å². The Balaban J connectivity index is 2.52. The molecule has 0 aliphatic heterocycles. The quantitative estimate of drug-likeness (QED) is 0.323. The first-order chi connectivity index (χ1) is 12.0. The van der Waals surface area contributed by atoms with Crippen LogP contribution in [0.15, 0.2) is 0 Å². The molecule has 0 aromatic carbocycles. The van der Waals surface area contributed by atoms with Gasteiger partial charge in [0.2, 0.25) is 0 Å². The lowest BCUT2D eigenvalue weighted by Gasteiger charge is -2.29. The summed E-state index contributed by atoms with van der Waals surface area (Å²) in [6, 6.07) is 0. The molecule has 3 rings (SSSR count). The lowest BCUT2D eigenvalue weighted by atomic mass is 9.84. The van der Waals surface area contributed by atoms with Gasteiger partial charge in [-0.1, -0.05) is 104 Å². The molecule has 13 heteroatoms. The number of thiophene rings is 3. The molecule has 3 heterocycles. The molecule has 3 aromatic rings. The molecular formula is C13HCl9OS3. The van der Waals surface area contributed by atoms with Crippen molar-refractivity contribution in [3.05, 3.63) is 57.8 Å². The normalized spacial score (nSPS) is 12.2. The largest absolute Gasteiger partial charge is 0.376 e. The second-order valence-electron chi connectivity index (χ2n) is 4.73. The fourth-order valence-electron chi connectivity index (χ4n) is 2.36. The van der Waals surface area contributed by atoms with Crippen LogP contribution in [0.3, 0.4) is 0 Å². The highest BCUT2D eigenvalue weighted by molar-refractivity contribution is 7.22. The standard InChI is InChI=1S/C13HCl9OS3/c14-4-1(7(17)24-10(4)20)13(23,2-5(15)11(21)25-8(2)18)3-6(16)12(22)26-9(3)19/h23H. The van der Waals surface area contributed by atoms with Crippen LogP contribution in [0.5, 0.6) is 0 Å². The zero-order chi connectivity index (χ0) is 19.5. The lowest BCUT2D eigenvalue weighted by Crippen LogP contribution is -2.29. The minimum absolute atomic E-state index is 0.00748. The van der Waals surface area contributed by atoms with Crippen LogP contribution in [0, 0.1) is 0 Å². The molecule has 0 fully saturated rings. The Kier molecular flexibility index (Phi) is 6.94. The van der Waals surface area contributed by atoms with Gasteiger partial charge >= 0.3 is 0 Å². The van der Waals surface area contributed by atoms with E-state index in [4.69, 9.17) is 104 Å². The Bertz CT molecular complexity index is 892. The smallest absolute Gasteiger partial charge is 0.151 e. The molecule has 0 radical (unpaired) electrons. The average molecular weight is 588 g/mol. The Morgan fingerprint density at radius 2 is 0.692 bits per heavy atom. The van der Waals surface area contributed by atoms with E-state index in [2.05, 4.69) is 0 Å². The highest BCUT2D eigenvalue weighted by atomic mass is 35.5. The van der Waals surface area contributed by atoms with Gasteiger partial charge in [0.1, 0.15) is 26.0 Å². The summed E-state index contributed by atoms with van der Waals surface area (Å²) < 4.78 is 0.788. The van der Waals surface area contributed by atoms with Gasteiger partial charge in [-0.2, -0.15) is 0 Å². The summed E-state index contributed by atoms with van der Waals surface area (Å²) in [7, 11) is 0. The number of aliphatic hydroxyl groups is 1. The number of hydrogen-bond acceptors (Lipinski definition) is 4. The molecule has 0 amide bonds. The average Bonchev–Trinajstić information content (AvgIpc) is 3.04. The predicted molar refractivity (Wildman–Crippen MR) is 120 cm³/mol. The van der Waals surface area contributed by atoms with Gasteiger partial charge in [0.05, 0.1) is 15.1 Å². The van der Waals surface area contributed by atoms with Crippen LogP contribution in [-0.2, 0) is 5.60 Å². The van der Waals surface area contributed by atoms with Crippen molar-refractivity contribution in [1.82, 2.24) is 0 Å². The molecule has 1 N–H and O–H groups in total. The second-order valence-corrected chi connectivity index (χ2v) is 12.5. The summed E-state index contributed by atoms with van der Waals surface area (Å²) in [6.07, 6.45) is 0. The van der Waals surface area contributed by atoms with Crippen LogP contribution >= 0.6 is 138 Å². The van der Waals surface area contributed by atoms with Crippen LogP contribution in [0.25, 0.3) is 0 Å². The first kappa shape index (κ1) is 22.4. The molecule has 140 valence electrons. The van der Waals surface area contributed by atoms with Gasteiger partial charge in [0.25, 0.3) is 0 Å². The first-order valence-corrected chi connectivity index (χ1v) is 12.0. The zero-order valence-corrected chi connectivity index (χ0v) is 20.8. The maximum Gasteiger partial charge on any atom is 0.151 e. The number of hydrogen-bond donors (Lipinski definition) is 1. The molecule has 0 bridgehead atoms. The summed E-state index contributed by atoms with van der Waals surface area (Å²) in [5.74, 6) is 0. The van der Waals surface area contributed by atoms with Crippen LogP contribution < -0.4 is 0 Å². The Hall–Kier alpha value is 1.67. The third-order valence-corrected chi connectivity index (χ3v) is 9.97. The van der Waals surface area contributed by atoms with Crippen LogP contribution in [0.4, 0.5) is 0 Å². The van der Waals surface area contributed by atoms with Gasteiger partial charge in [0, 0.05) is 16.7 Å². The molecular weight excluding hydrogens is 587 g/mol. The van der Waals surface area contributed by atoms with E-state index in [0.717, 1.165) is 34.0 Å². The third-order valence-electron chi connectivity index (χ3n) is 3.39. The fourth-order valence-corrected chi connectivity index (χ4v) is 8.53. The van der Waals surface area contributed by atoms with Crippen LogP contribution in [0.2, 0.25) is 41.1 Å². The van der Waals surface area contributed by atoms with Crippen molar-refractivity contribution < 1.29 is 5.11 Å². The maximum absolute atomic E-state index is 11.9. The molecule has 1 nitrogen and oxygen atoms in total. The van der Waals surface area contributed by atoms with Gasteiger partial charge in [-0.15, -0.1) is 34.0 Å². The minimum atomic E-state index is -2.13. The minimum Gasteiger partial charge on any atom is -0.376 e. The SMILES string of the molecule is OC(c1c(Cl)sc(Cl)c1Cl)(c1c(Cl)sc(Cl)c1Cl)c1c(Cl)sc(Cl)c1Cl. The topological polar surface area (TPSA) is 20.2 Å². The Morgan fingerprint density at radius 1 is 0.462 bits per heavy atom. The van der Waals surface area contributed by atoms with Gasteiger partial charge < -0.3 is 5.11 Å². The molecule has 0 aliphatic rings. The van der Waals surface area contributed by atoms with Crippen molar-refractivity contribution in [2.24, 2.45) is 0 Å². The van der Waals surface area contributed by atoms with E-state index in [1.807, 2.05) is 0 Å². The maximum atomic E-state index is 11.9. The van der Waals surface area contributed by atoms with Crippen molar-refractivity contribution in [3.8, 4) is 0 Å². The van der Waals surface area contributed by atoms with Crippen molar-refractivity contribution in [3.63, 3.8) is 0 Å². The summed E-state index contributed by atoms with van der Waals surface area (Å²) in [5.41, 5.74) is -2.03. The third kappa shape index (κ3) is 3.41. The van der Waals surface area contributed by atoms with Crippen molar-refractivity contribution in [2.75, 3.05) is 0 Å². The van der Waals surface area contributed by atoms with E-state index in [1.54, 1.807) is 0 Å². The monoisotopic (exact) mass is 584 g/mol. The van der Waals surface area contributed by atoms with Crippen molar-refractivity contribution in [1.29, 1.82) is 0 Å². The molecule has 3 aromatic heterocycles. The summed E-state index contributed by atoms with van der Waals surface area (Å²) in [5, 5.41) is 11.9. The van der Waals surface area contributed by atoms with Crippen molar-refractivity contribution >= 4 is 138 Å². The van der Waals surface area contributed by atoms with Gasteiger partial charge in [-0.25, -0.2) is 0 Å². The molecule has 0 unspecified atom stereocenters.